The van der Waals surface area contributed by atoms with E-state index in [2.05, 4.69) is 5.32 Å². The van der Waals surface area contributed by atoms with Crippen LogP contribution in [0.3, 0.4) is 0 Å². The predicted molar refractivity (Wildman–Crippen MR) is 84.6 cm³/mol. The van der Waals surface area contributed by atoms with Gasteiger partial charge in [0.25, 0.3) is 5.91 Å². The Balaban J connectivity index is 1.87. The summed E-state index contributed by atoms with van der Waals surface area (Å²) in [7, 11) is 0. The van der Waals surface area contributed by atoms with Crippen LogP contribution in [-0.2, 0) is 4.79 Å². The lowest BCUT2D eigenvalue weighted by atomic mass is 10.1. The Morgan fingerprint density at radius 3 is 2.59 bits per heavy atom. The van der Waals surface area contributed by atoms with E-state index in [-0.39, 0.29) is 24.4 Å². The van der Waals surface area contributed by atoms with Crippen LogP contribution in [0.4, 0.5) is 4.39 Å². The third kappa shape index (κ3) is 4.46. The van der Waals surface area contributed by atoms with Gasteiger partial charge in [0.05, 0.1) is 6.04 Å². The van der Waals surface area contributed by atoms with E-state index >= 15 is 0 Å². The second-order valence-corrected chi connectivity index (χ2v) is 5.45. The summed E-state index contributed by atoms with van der Waals surface area (Å²) < 4.78 is 18.3. The number of ether oxygens (including phenoxy) is 1. The van der Waals surface area contributed by atoms with Crippen LogP contribution in [-0.4, -0.2) is 12.5 Å². The van der Waals surface area contributed by atoms with Crippen molar-refractivity contribution >= 4 is 17.5 Å². The van der Waals surface area contributed by atoms with Crippen LogP contribution in [0.2, 0.25) is 5.02 Å². The van der Waals surface area contributed by atoms with Gasteiger partial charge in [-0.3, -0.25) is 4.79 Å². The molecule has 0 radical (unpaired) electrons. The molecule has 3 nitrogen and oxygen atoms in total. The van der Waals surface area contributed by atoms with Crippen LogP contribution in [0.25, 0.3) is 0 Å². The lowest BCUT2D eigenvalue weighted by molar-refractivity contribution is -0.123. The maximum atomic E-state index is 12.9. The summed E-state index contributed by atoms with van der Waals surface area (Å²) in [5.41, 5.74) is 1.72. The van der Waals surface area contributed by atoms with Gasteiger partial charge in [-0.2, -0.15) is 0 Å². The molecule has 1 N–H and O–H groups in total. The maximum Gasteiger partial charge on any atom is 0.258 e. The first-order chi connectivity index (χ1) is 10.5. The van der Waals surface area contributed by atoms with Gasteiger partial charge in [0, 0.05) is 5.02 Å². The van der Waals surface area contributed by atoms with Crippen molar-refractivity contribution in [1.29, 1.82) is 0 Å². The molecule has 0 bridgehead atoms. The molecule has 5 heteroatoms. The number of carbonyl (C=O) groups excluding carboxylic acids is 1. The van der Waals surface area contributed by atoms with Crippen LogP contribution in [0.15, 0.2) is 42.5 Å². The normalized spacial score (nSPS) is 11.8. The molecule has 0 saturated carbocycles. The largest absolute Gasteiger partial charge is 0.484 e. The third-order valence-electron chi connectivity index (χ3n) is 3.25. The van der Waals surface area contributed by atoms with E-state index in [0.29, 0.717) is 10.8 Å². The van der Waals surface area contributed by atoms with Crippen molar-refractivity contribution in [2.24, 2.45) is 0 Å². The van der Waals surface area contributed by atoms with E-state index in [4.69, 9.17) is 16.3 Å². The summed E-state index contributed by atoms with van der Waals surface area (Å²) in [6.45, 7) is 3.61. The molecule has 1 unspecified atom stereocenters. The lowest BCUT2D eigenvalue weighted by Crippen LogP contribution is -2.31. The predicted octanol–water partition coefficient (Wildman–Crippen LogP) is 4.04. The van der Waals surface area contributed by atoms with Gasteiger partial charge >= 0.3 is 0 Å². The van der Waals surface area contributed by atoms with Gasteiger partial charge in [0.15, 0.2) is 6.61 Å². The van der Waals surface area contributed by atoms with Crippen molar-refractivity contribution in [3.05, 3.63) is 64.4 Å². The smallest absolute Gasteiger partial charge is 0.258 e. The van der Waals surface area contributed by atoms with Crippen LogP contribution in [0, 0.1) is 12.7 Å². The highest BCUT2D eigenvalue weighted by molar-refractivity contribution is 6.31. The SMILES string of the molecule is Cc1cc(OCC(=O)NC(C)c2ccc(F)cc2)ccc1Cl. The summed E-state index contributed by atoms with van der Waals surface area (Å²) in [4.78, 5) is 11.9. The van der Waals surface area contributed by atoms with Gasteiger partial charge in [-0.25, -0.2) is 4.39 Å². The summed E-state index contributed by atoms with van der Waals surface area (Å²) >= 11 is 5.93. The Kier molecular flexibility index (Phi) is 5.39. The second kappa shape index (κ2) is 7.27. The Hall–Kier alpha value is -2.07. The van der Waals surface area contributed by atoms with Crippen molar-refractivity contribution in [3.63, 3.8) is 0 Å². The van der Waals surface area contributed by atoms with Crippen molar-refractivity contribution in [2.75, 3.05) is 6.61 Å². The van der Waals surface area contributed by atoms with E-state index in [9.17, 15) is 9.18 Å². The van der Waals surface area contributed by atoms with E-state index in [1.807, 2.05) is 13.8 Å². The highest BCUT2D eigenvalue weighted by Crippen LogP contribution is 2.21. The number of hydrogen-bond acceptors (Lipinski definition) is 2. The fourth-order valence-corrected chi connectivity index (χ4v) is 2.09. The van der Waals surface area contributed by atoms with E-state index in [0.717, 1.165) is 11.1 Å². The minimum absolute atomic E-state index is 0.0907. The maximum absolute atomic E-state index is 12.9. The molecule has 116 valence electrons. The van der Waals surface area contributed by atoms with Gasteiger partial charge < -0.3 is 10.1 Å². The monoisotopic (exact) mass is 321 g/mol. The molecule has 0 aromatic heterocycles. The van der Waals surface area contributed by atoms with Crippen LogP contribution in [0.1, 0.15) is 24.1 Å². The summed E-state index contributed by atoms with van der Waals surface area (Å²) in [5.74, 6) is 0.0413. The fraction of sp³-hybridized carbons (Fsp3) is 0.235. The fourth-order valence-electron chi connectivity index (χ4n) is 1.97. The zero-order chi connectivity index (χ0) is 16.1. The van der Waals surface area contributed by atoms with E-state index in [1.165, 1.54) is 12.1 Å². The molecule has 2 aromatic carbocycles. The van der Waals surface area contributed by atoms with Crippen LogP contribution in [0.5, 0.6) is 5.75 Å². The Labute approximate surface area is 134 Å². The number of rotatable bonds is 5. The highest BCUT2D eigenvalue weighted by atomic mass is 35.5. The molecule has 22 heavy (non-hydrogen) atoms. The van der Waals surface area contributed by atoms with Crippen molar-refractivity contribution < 1.29 is 13.9 Å². The molecule has 0 fully saturated rings. The molecule has 1 atom stereocenters. The lowest BCUT2D eigenvalue weighted by Gasteiger charge is -2.15. The average molecular weight is 322 g/mol. The Bertz CT molecular complexity index is 658. The third-order valence-corrected chi connectivity index (χ3v) is 3.67. The first-order valence-electron chi connectivity index (χ1n) is 6.89. The van der Waals surface area contributed by atoms with Gasteiger partial charge in [0.1, 0.15) is 11.6 Å². The number of hydrogen-bond donors (Lipinski definition) is 1. The molecule has 0 aliphatic heterocycles. The standard InChI is InChI=1S/C17H17ClFNO2/c1-11-9-15(7-8-16(11)18)22-10-17(21)20-12(2)13-3-5-14(19)6-4-13/h3-9,12H,10H2,1-2H3,(H,20,21). The summed E-state index contributed by atoms with van der Waals surface area (Å²) in [6, 6.07) is 11.0. The number of nitrogens with one attached hydrogen (secondary N) is 1. The minimum Gasteiger partial charge on any atom is -0.484 e. The van der Waals surface area contributed by atoms with Gasteiger partial charge in [-0.05, 0) is 55.3 Å². The van der Waals surface area contributed by atoms with E-state index in [1.54, 1.807) is 30.3 Å². The van der Waals surface area contributed by atoms with Gasteiger partial charge in [0.2, 0.25) is 0 Å². The molecule has 2 aromatic rings. The topological polar surface area (TPSA) is 38.3 Å². The minimum atomic E-state index is -0.302. The van der Waals surface area contributed by atoms with Gasteiger partial charge in [-0.15, -0.1) is 0 Å². The molecule has 0 saturated heterocycles. The molecule has 2 rings (SSSR count). The second-order valence-electron chi connectivity index (χ2n) is 5.04. The Morgan fingerprint density at radius 2 is 1.95 bits per heavy atom. The number of aryl methyl sites for hydroxylation is 1. The number of benzene rings is 2. The number of carbonyl (C=O) groups is 1. The summed E-state index contributed by atoms with van der Waals surface area (Å²) in [6.07, 6.45) is 0. The zero-order valence-corrected chi connectivity index (χ0v) is 13.2. The molecule has 0 aliphatic rings. The highest BCUT2D eigenvalue weighted by Gasteiger charge is 2.10. The quantitative estimate of drug-likeness (QED) is 0.902. The van der Waals surface area contributed by atoms with Crippen molar-refractivity contribution in [1.82, 2.24) is 5.32 Å². The number of halogens is 2. The Morgan fingerprint density at radius 1 is 1.27 bits per heavy atom. The first-order valence-corrected chi connectivity index (χ1v) is 7.27. The van der Waals surface area contributed by atoms with E-state index < -0.39 is 0 Å². The molecule has 0 heterocycles. The van der Waals surface area contributed by atoms with Crippen molar-refractivity contribution in [2.45, 2.75) is 19.9 Å². The van der Waals surface area contributed by atoms with Gasteiger partial charge in [-0.1, -0.05) is 23.7 Å². The molecular formula is C17H17ClFNO2. The summed E-state index contributed by atoms with van der Waals surface area (Å²) in [5, 5.41) is 3.45. The molecule has 1 amide bonds. The van der Waals surface area contributed by atoms with Crippen LogP contribution >= 0.6 is 11.6 Å². The average Bonchev–Trinajstić information content (AvgIpc) is 2.49. The first kappa shape index (κ1) is 16.3. The number of amides is 1. The molecular weight excluding hydrogens is 305 g/mol. The van der Waals surface area contributed by atoms with Crippen LogP contribution < -0.4 is 10.1 Å². The molecule has 0 aliphatic carbocycles. The van der Waals surface area contributed by atoms with Crippen molar-refractivity contribution in [3.8, 4) is 5.75 Å². The zero-order valence-electron chi connectivity index (χ0n) is 12.4. The molecule has 0 spiro atoms.